The molecular weight excluding hydrogens is 223 g/mol. The Morgan fingerprint density at radius 1 is 1.56 bits per heavy atom. The van der Waals surface area contributed by atoms with Crippen molar-refractivity contribution in [3.05, 3.63) is 35.1 Å². The molecule has 1 aromatic rings. The Bertz CT molecular complexity index is 420. The van der Waals surface area contributed by atoms with Gasteiger partial charge in [-0.1, -0.05) is 13.0 Å². The Kier molecular flexibility index (Phi) is 3.47. The van der Waals surface area contributed by atoms with E-state index in [-0.39, 0.29) is 10.9 Å². The number of hydrogen-bond acceptors (Lipinski definition) is 3. The third kappa shape index (κ3) is 2.37. The number of halogens is 1. The van der Waals surface area contributed by atoms with E-state index in [9.17, 15) is 4.39 Å². The Morgan fingerprint density at radius 3 is 3.00 bits per heavy atom. The van der Waals surface area contributed by atoms with E-state index in [2.05, 4.69) is 12.2 Å². The van der Waals surface area contributed by atoms with Gasteiger partial charge in [-0.05, 0) is 35.9 Å². The monoisotopic (exact) mass is 236 g/mol. The van der Waals surface area contributed by atoms with Crippen LogP contribution in [-0.4, -0.2) is 12.3 Å². The molecule has 2 unspecified atom stereocenters. The van der Waals surface area contributed by atoms with Gasteiger partial charge < -0.3 is 5.32 Å². The number of rotatable bonds is 1. The lowest BCUT2D eigenvalue weighted by Gasteiger charge is -2.27. The Balaban J connectivity index is 2.18. The van der Waals surface area contributed by atoms with E-state index < -0.39 is 5.82 Å². The summed E-state index contributed by atoms with van der Waals surface area (Å²) in [6, 6.07) is 6.62. The van der Waals surface area contributed by atoms with E-state index in [1.165, 1.54) is 6.07 Å². The highest BCUT2D eigenvalue weighted by Gasteiger charge is 2.20. The molecule has 1 aromatic carbocycles. The summed E-state index contributed by atoms with van der Waals surface area (Å²) in [4.78, 5) is 0. The second kappa shape index (κ2) is 4.86. The summed E-state index contributed by atoms with van der Waals surface area (Å²) >= 11 is 1.81. The lowest BCUT2D eigenvalue weighted by atomic mass is 10.1. The molecule has 0 bridgehead atoms. The first-order valence-electron chi connectivity index (χ1n) is 5.25. The molecule has 2 nitrogen and oxygen atoms in total. The third-order valence-corrected chi connectivity index (χ3v) is 4.15. The summed E-state index contributed by atoms with van der Waals surface area (Å²) in [5.74, 6) is 1.31. The van der Waals surface area contributed by atoms with Crippen LogP contribution in [0.25, 0.3) is 0 Å². The van der Waals surface area contributed by atoms with Crippen molar-refractivity contribution in [1.29, 1.82) is 5.26 Å². The van der Waals surface area contributed by atoms with Gasteiger partial charge in [0.05, 0.1) is 10.9 Å². The molecule has 0 radical (unpaired) electrons. The molecule has 84 valence electrons. The van der Waals surface area contributed by atoms with Crippen LogP contribution >= 0.6 is 11.8 Å². The zero-order valence-electron chi connectivity index (χ0n) is 9.03. The molecule has 1 aliphatic heterocycles. The molecule has 1 heterocycles. The second-order valence-corrected chi connectivity index (χ2v) is 5.22. The van der Waals surface area contributed by atoms with Crippen LogP contribution in [-0.2, 0) is 0 Å². The van der Waals surface area contributed by atoms with Gasteiger partial charge >= 0.3 is 0 Å². The highest BCUT2D eigenvalue weighted by Crippen LogP contribution is 2.32. The van der Waals surface area contributed by atoms with Crippen LogP contribution in [0.2, 0.25) is 0 Å². The van der Waals surface area contributed by atoms with Crippen molar-refractivity contribution in [2.24, 2.45) is 5.92 Å². The molecule has 1 aliphatic rings. The fourth-order valence-electron chi connectivity index (χ4n) is 1.69. The van der Waals surface area contributed by atoms with Gasteiger partial charge in [0.1, 0.15) is 11.9 Å². The van der Waals surface area contributed by atoms with Crippen molar-refractivity contribution in [1.82, 2.24) is 5.32 Å². The zero-order valence-corrected chi connectivity index (χ0v) is 9.85. The summed E-state index contributed by atoms with van der Waals surface area (Å²) < 4.78 is 13.1. The molecule has 2 rings (SSSR count). The van der Waals surface area contributed by atoms with Gasteiger partial charge in [-0.2, -0.15) is 5.26 Å². The number of nitriles is 1. The highest BCUT2D eigenvalue weighted by atomic mass is 32.2. The molecule has 1 fully saturated rings. The normalized spacial score (nSPS) is 25.1. The van der Waals surface area contributed by atoms with Crippen molar-refractivity contribution in [3.63, 3.8) is 0 Å². The molecule has 1 saturated heterocycles. The third-order valence-electron chi connectivity index (χ3n) is 2.61. The topological polar surface area (TPSA) is 35.8 Å². The molecular formula is C12H13FN2S. The predicted molar refractivity (Wildman–Crippen MR) is 63.5 cm³/mol. The number of hydrogen-bond donors (Lipinski definition) is 1. The first-order chi connectivity index (χ1) is 7.70. The smallest absolute Gasteiger partial charge is 0.140 e. The van der Waals surface area contributed by atoms with E-state index in [0.717, 1.165) is 17.9 Å². The molecule has 0 saturated carbocycles. The molecule has 16 heavy (non-hydrogen) atoms. The van der Waals surface area contributed by atoms with Crippen molar-refractivity contribution in [2.75, 3.05) is 12.3 Å². The molecule has 0 spiro atoms. The summed E-state index contributed by atoms with van der Waals surface area (Å²) in [5.41, 5.74) is 1.10. The lowest BCUT2D eigenvalue weighted by molar-refractivity contribution is 0.529. The number of nitrogens with zero attached hydrogens (tertiary/aromatic N) is 1. The van der Waals surface area contributed by atoms with Gasteiger partial charge in [0.15, 0.2) is 0 Å². The van der Waals surface area contributed by atoms with Crippen LogP contribution in [0, 0.1) is 23.1 Å². The maximum absolute atomic E-state index is 13.1. The quantitative estimate of drug-likeness (QED) is 0.814. The molecule has 2 atom stereocenters. The number of thioether (sulfide) groups is 1. The van der Waals surface area contributed by atoms with Gasteiger partial charge in [-0.15, -0.1) is 11.8 Å². The van der Waals surface area contributed by atoms with Gasteiger partial charge in [0.25, 0.3) is 0 Å². The van der Waals surface area contributed by atoms with Gasteiger partial charge in [0, 0.05) is 0 Å². The Morgan fingerprint density at radius 2 is 2.38 bits per heavy atom. The zero-order chi connectivity index (χ0) is 11.5. The number of benzene rings is 1. The largest absolute Gasteiger partial charge is 0.301 e. The fourth-order valence-corrected chi connectivity index (χ4v) is 2.88. The Labute approximate surface area is 98.8 Å². The van der Waals surface area contributed by atoms with E-state index in [1.807, 2.05) is 6.07 Å². The summed E-state index contributed by atoms with van der Waals surface area (Å²) in [6.07, 6.45) is 0. The fraction of sp³-hybridized carbons (Fsp3) is 0.417. The minimum Gasteiger partial charge on any atom is -0.301 e. The van der Waals surface area contributed by atoms with Crippen molar-refractivity contribution in [3.8, 4) is 6.07 Å². The molecule has 1 N–H and O–H groups in total. The predicted octanol–water partition coefficient (Wildman–Crippen LogP) is 2.67. The molecule has 4 heteroatoms. The maximum Gasteiger partial charge on any atom is 0.140 e. The average Bonchev–Trinajstić information content (AvgIpc) is 2.31. The second-order valence-electron chi connectivity index (χ2n) is 4.08. The van der Waals surface area contributed by atoms with Crippen molar-refractivity contribution in [2.45, 2.75) is 12.3 Å². The van der Waals surface area contributed by atoms with Crippen LogP contribution in [0.1, 0.15) is 23.4 Å². The van der Waals surface area contributed by atoms with E-state index in [0.29, 0.717) is 5.92 Å². The first-order valence-corrected chi connectivity index (χ1v) is 6.30. The van der Waals surface area contributed by atoms with Crippen molar-refractivity contribution >= 4 is 11.8 Å². The van der Waals surface area contributed by atoms with Gasteiger partial charge in [-0.25, -0.2) is 4.39 Å². The minimum absolute atomic E-state index is 0.124. The average molecular weight is 236 g/mol. The molecule has 0 aliphatic carbocycles. The molecule has 0 aromatic heterocycles. The number of nitrogens with one attached hydrogen (secondary N) is 1. The first kappa shape index (κ1) is 11.4. The SMILES string of the molecule is CC1CNC(c2ccc(F)c(C#N)c2)SC1. The highest BCUT2D eigenvalue weighted by molar-refractivity contribution is 7.99. The lowest BCUT2D eigenvalue weighted by Crippen LogP contribution is -2.31. The maximum atomic E-state index is 13.1. The van der Waals surface area contributed by atoms with Crippen LogP contribution in [0.3, 0.4) is 0 Å². The van der Waals surface area contributed by atoms with Crippen LogP contribution in [0.4, 0.5) is 4.39 Å². The van der Waals surface area contributed by atoms with E-state index >= 15 is 0 Å². The van der Waals surface area contributed by atoms with Crippen molar-refractivity contribution < 1.29 is 4.39 Å². The minimum atomic E-state index is -0.444. The van der Waals surface area contributed by atoms with Crippen LogP contribution in [0.15, 0.2) is 18.2 Å². The van der Waals surface area contributed by atoms with Gasteiger partial charge in [0.2, 0.25) is 0 Å². The summed E-state index contributed by atoms with van der Waals surface area (Å²) in [6.45, 7) is 3.17. The standard InChI is InChI=1S/C12H13FN2S/c1-8-6-15-12(16-7-8)9-2-3-11(13)10(4-9)5-14/h2-4,8,12,15H,6-7H2,1H3. The summed E-state index contributed by atoms with van der Waals surface area (Å²) in [5, 5.41) is 12.3. The van der Waals surface area contributed by atoms with Crippen LogP contribution < -0.4 is 5.32 Å². The van der Waals surface area contributed by atoms with Gasteiger partial charge in [-0.3, -0.25) is 0 Å². The van der Waals surface area contributed by atoms with E-state index in [1.54, 1.807) is 23.9 Å². The van der Waals surface area contributed by atoms with E-state index in [4.69, 9.17) is 5.26 Å². The Hall–Kier alpha value is -1.05. The summed E-state index contributed by atoms with van der Waals surface area (Å²) in [7, 11) is 0. The van der Waals surface area contributed by atoms with Crippen LogP contribution in [0.5, 0.6) is 0 Å². The molecule has 0 amide bonds.